The van der Waals surface area contributed by atoms with Crippen LogP contribution in [-0.2, 0) is 20.0 Å². The predicted octanol–water partition coefficient (Wildman–Crippen LogP) is 3.32. The van der Waals surface area contributed by atoms with E-state index in [-0.39, 0.29) is 5.91 Å². The molecule has 0 rings (SSSR count). The molecule has 3 N–H and O–H groups in total. The molecule has 0 aromatic rings. The Kier molecular flexibility index (Phi) is 17.9. The van der Waals surface area contributed by atoms with Gasteiger partial charge in [0.25, 0.3) is 0 Å². The first-order valence-corrected chi connectivity index (χ1v) is 9.31. The number of carbonyl (C=O) groups is 1. The summed E-state index contributed by atoms with van der Waals surface area (Å²) in [6.07, 6.45) is 12.1. The first-order chi connectivity index (χ1) is 10.3. The van der Waals surface area contributed by atoms with Crippen LogP contribution in [-0.4, -0.2) is 30.0 Å². The zero-order valence-corrected chi connectivity index (χ0v) is 14.5. The lowest BCUT2D eigenvalue weighted by atomic mass is 10.1. The standard InChI is InChI=1S/C14H29NO2.H2O4S/c1-3-5-6-7-8-9-10-11-12-13-14(16)15-17-4-2;1-5(2,3)4/h3-13H2,1-2H3,(H,15,16);(H2,1,2,3,4). The van der Waals surface area contributed by atoms with E-state index in [4.69, 9.17) is 22.4 Å². The van der Waals surface area contributed by atoms with Crippen molar-refractivity contribution >= 4 is 16.3 Å². The Bertz CT molecular complexity index is 337. The largest absolute Gasteiger partial charge is 0.394 e. The fraction of sp³-hybridized carbons (Fsp3) is 0.929. The summed E-state index contributed by atoms with van der Waals surface area (Å²) in [7, 11) is -4.67. The molecule has 134 valence electrons. The second kappa shape index (κ2) is 16.7. The third kappa shape index (κ3) is 31.6. The third-order valence-corrected chi connectivity index (χ3v) is 2.84. The van der Waals surface area contributed by atoms with E-state index in [2.05, 4.69) is 12.4 Å². The van der Waals surface area contributed by atoms with Crippen LogP contribution in [0.3, 0.4) is 0 Å². The van der Waals surface area contributed by atoms with Crippen LogP contribution in [0.25, 0.3) is 0 Å². The van der Waals surface area contributed by atoms with Crippen molar-refractivity contribution in [3.05, 3.63) is 0 Å². The number of carbonyl (C=O) groups excluding carboxylic acids is 1. The molecular weight excluding hydrogens is 310 g/mol. The molecule has 0 aliphatic heterocycles. The summed E-state index contributed by atoms with van der Waals surface area (Å²) in [6, 6.07) is 0. The Hall–Kier alpha value is -0.700. The minimum Gasteiger partial charge on any atom is -0.274 e. The average Bonchev–Trinajstić information content (AvgIpc) is 2.41. The molecule has 0 atom stereocenters. The molecule has 1 amide bonds. The minimum absolute atomic E-state index is 0.00907. The van der Waals surface area contributed by atoms with E-state index in [9.17, 15) is 4.79 Å². The molecule has 0 spiro atoms. The van der Waals surface area contributed by atoms with Crippen molar-refractivity contribution in [2.75, 3.05) is 6.61 Å². The number of hydroxylamine groups is 1. The summed E-state index contributed by atoms with van der Waals surface area (Å²) >= 11 is 0. The fourth-order valence-electron chi connectivity index (χ4n) is 1.80. The summed E-state index contributed by atoms with van der Waals surface area (Å²) in [5, 5.41) is 0. The second-order valence-electron chi connectivity index (χ2n) is 4.98. The Balaban J connectivity index is 0. The number of nitrogens with one attached hydrogen (secondary N) is 1. The van der Waals surface area contributed by atoms with Crippen molar-refractivity contribution in [3.63, 3.8) is 0 Å². The molecule has 0 radical (unpaired) electrons. The average molecular weight is 341 g/mol. The van der Waals surface area contributed by atoms with Gasteiger partial charge in [-0.3, -0.25) is 18.7 Å². The Morgan fingerprint density at radius 2 is 1.32 bits per heavy atom. The van der Waals surface area contributed by atoms with Crippen molar-refractivity contribution in [2.24, 2.45) is 0 Å². The van der Waals surface area contributed by atoms with Gasteiger partial charge in [0.2, 0.25) is 5.91 Å². The van der Waals surface area contributed by atoms with Crippen molar-refractivity contribution in [3.8, 4) is 0 Å². The van der Waals surface area contributed by atoms with E-state index in [1.807, 2.05) is 6.92 Å². The van der Waals surface area contributed by atoms with Crippen molar-refractivity contribution < 1.29 is 27.2 Å². The van der Waals surface area contributed by atoms with Gasteiger partial charge in [0.15, 0.2) is 0 Å². The van der Waals surface area contributed by atoms with Crippen LogP contribution in [0.2, 0.25) is 0 Å². The monoisotopic (exact) mass is 341 g/mol. The Morgan fingerprint density at radius 1 is 0.909 bits per heavy atom. The van der Waals surface area contributed by atoms with Gasteiger partial charge in [-0.2, -0.15) is 8.42 Å². The fourth-order valence-corrected chi connectivity index (χ4v) is 1.80. The molecular formula is C14H31NO6S. The Morgan fingerprint density at radius 3 is 1.73 bits per heavy atom. The molecule has 0 saturated heterocycles. The molecule has 0 bridgehead atoms. The number of rotatable bonds is 12. The zero-order valence-electron chi connectivity index (χ0n) is 13.7. The van der Waals surface area contributed by atoms with E-state index in [0.717, 1.165) is 12.8 Å². The van der Waals surface area contributed by atoms with Gasteiger partial charge in [-0.15, -0.1) is 0 Å². The first kappa shape index (κ1) is 23.6. The number of hydrogen-bond donors (Lipinski definition) is 3. The predicted molar refractivity (Wildman–Crippen MR) is 85.8 cm³/mol. The van der Waals surface area contributed by atoms with Crippen LogP contribution < -0.4 is 5.48 Å². The third-order valence-electron chi connectivity index (χ3n) is 2.84. The quantitative estimate of drug-likeness (QED) is 0.285. The molecule has 0 aliphatic carbocycles. The highest BCUT2D eigenvalue weighted by atomic mass is 32.3. The van der Waals surface area contributed by atoms with Crippen molar-refractivity contribution in [2.45, 2.75) is 78.1 Å². The lowest BCUT2D eigenvalue weighted by molar-refractivity contribution is -0.133. The molecule has 0 aromatic carbocycles. The molecule has 22 heavy (non-hydrogen) atoms. The zero-order chi connectivity index (χ0) is 17.3. The molecule has 8 heteroatoms. The van der Waals surface area contributed by atoms with Gasteiger partial charge in [0.1, 0.15) is 0 Å². The highest BCUT2D eigenvalue weighted by molar-refractivity contribution is 7.79. The molecule has 7 nitrogen and oxygen atoms in total. The van der Waals surface area contributed by atoms with Gasteiger partial charge in [-0.25, -0.2) is 5.48 Å². The lowest BCUT2D eigenvalue weighted by Crippen LogP contribution is -2.23. The van der Waals surface area contributed by atoms with E-state index >= 15 is 0 Å². The molecule has 0 aromatic heterocycles. The molecule has 0 fully saturated rings. The summed E-state index contributed by atoms with van der Waals surface area (Å²) in [5.74, 6) is 0.00907. The summed E-state index contributed by atoms with van der Waals surface area (Å²) in [6.45, 7) is 4.63. The smallest absolute Gasteiger partial charge is 0.274 e. The summed E-state index contributed by atoms with van der Waals surface area (Å²) in [4.78, 5) is 16.0. The Labute approximate surface area is 134 Å². The van der Waals surface area contributed by atoms with Crippen LogP contribution in [0.1, 0.15) is 78.1 Å². The van der Waals surface area contributed by atoms with Crippen LogP contribution in [0.4, 0.5) is 0 Å². The van der Waals surface area contributed by atoms with Crippen LogP contribution in [0.5, 0.6) is 0 Å². The van der Waals surface area contributed by atoms with E-state index in [1.165, 1.54) is 44.9 Å². The van der Waals surface area contributed by atoms with E-state index in [0.29, 0.717) is 13.0 Å². The summed E-state index contributed by atoms with van der Waals surface area (Å²) < 4.78 is 31.6. The van der Waals surface area contributed by atoms with Gasteiger partial charge in [0.05, 0.1) is 6.61 Å². The number of amides is 1. The maximum atomic E-state index is 11.2. The first-order valence-electron chi connectivity index (χ1n) is 7.91. The van der Waals surface area contributed by atoms with Gasteiger partial charge < -0.3 is 0 Å². The van der Waals surface area contributed by atoms with Gasteiger partial charge in [-0.1, -0.05) is 58.3 Å². The molecule has 0 saturated carbocycles. The van der Waals surface area contributed by atoms with Crippen LogP contribution in [0.15, 0.2) is 0 Å². The minimum atomic E-state index is -4.67. The van der Waals surface area contributed by atoms with Crippen LogP contribution in [0, 0.1) is 0 Å². The van der Waals surface area contributed by atoms with Gasteiger partial charge in [-0.05, 0) is 13.3 Å². The molecule has 0 unspecified atom stereocenters. The maximum Gasteiger partial charge on any atom is 0.394 e. The van der Waals surface area contributed by atoms with E-state index < -0.39 is 10.4 Å². The molecule has 0 heterocycles. The SMILES string of the molecule is CCCCCCCCCCCC(=O)NOCC.O=S(=O)(O)O. The highest BCUT2D eigenvalue weighted by Crippen LogP contribution is 2.10. The lowest BCUT2D eigenvalue weighted by Gasteiger charge is -2.03. The van der Waals surface area contributed by atoms with Crippen LogP contribution >= 0.6 is 0 Å². The number of hydrogen-bond acceptors (Lipinski definition) is 4. The highest BCUT2D eigenvalue weighted by Gasteiger charge is 1.99. The summed E-state index contributed by atoms with van der Waals surface area (Å²) in [5.41, 5.74) is 2.42. The van der Waals surface area contributed by atoms with Gasteiger partial charge >= 0.3 is 10.4 Å². The van der Waals surface area contributed by atoms with Crippen molar-refractivity contribution in [1.29, 1.82) is 0 Å². The maximum absolute atomic E-state index is 11.2. The topological polar surface area (TPSA) is 113 Å². The van der Waals surface area contributed by atoms with Gasteiger partial charge in [0, 0.05) is 6.42 Å². The molecule has 0 aliphatic rings. The van der Waals surface area contributed by atoms with Crippen molar-refractivity contribution in [1.82, 2.24) is 5.48 Å². The number of unbranched alkanes of at least 4 members (excludes halogenated alkanes) is 8. The second-order valence-corrected chi connectivity index (χ2v) is 5.88. The van der Waals surface area contributed by atoms with E-state index in [1.54, 1.807) is 0 Å². The normalized spacial score (nSPS) is 10.7.